The maximum absolute atomic E-state index is 12.2. The van der Waals surface area contributed by atoms with Crippen LogP contribution in [0.2, 0.25) is 0 Å². The molecule has 1 N–H and O–H groups in total. The van der Waals surface area contributed by atoms with E-state index < -0.39 is 5.91 Å². The molecule has 0 atom stereocenters. The molecule has 1 amide bonds. The lowest BCUT2D eigenvalue weighted by atomic mass is 10.2. The molecular formula is C20H23N3O4. The topological polar surface area (TPSA) is 80.2 Å². The molecular weight excluding hydrogens is 346 g/mol. The van der Waals surface area contributed by atoms with Crippen molar-refractivity contribution < 1.29 is 18.4 Å². The highest BCUT2D eigenvalue weighted by Crippen LogP contribution is 2.24. The third-order valence-electron chi connectivity index (χ3n) is 4.07. The van der Waals surface area contributed by atoms with Crippen molar-refractivity contribution >= 4 is 29.0 Å². The molecule has 3 rings (SSSR count). The number of carbonyl (C=O) groups is 1. The average Bonchev–Trinajstić information content (AvgIpc) is 3.30. The molecule has 1 aromatic carbocycles. The number of nitrogens with one attached hydrogen (secondary N) is 1. The number of rotatable bonds is 8. The zero-order valence-electron chi connectivity index (χ0n) is 15.7. The van der Waals surface area contributed by atoms with Crippen molar-refractivity contribution in [2.45, 2.75) is 20.8 Å². The van der Waals surface area contributed by atoms with E-state index >= 15 is 0 Å². The molecule has 2 heterocycles. The lowest BCUT2D eigenvalue weighted by molar-refractivity contribution is 0.0929. The van der Waals surface area contributed by atoms with E-state index in [0.29, 0.717) is 18.0 Å². The fourth-order valence-electron chi connectivity index (χ4n) is 2.72. The summed E-state index contributed by atoms with van der Waals surface area (Å²) in [7, 11) is 0. The SMILES string of the molecule is CCOc1ccc2oc(C(=O)N/N=C/c3ccc(N(CC)CC)o3)cc2c1. The van der Waals surface area contributed by atoms with Gasteiger partial charge in [-0.15, -0.1) is 0 Å². The summed E-state index contributed by atoms with van der Waals surface area (Å²) >= 11 is 0. The van der Waals surface area contributed by atoms with Crippen molar-refractivity contribution in [2.24, 2.45) is 5.10 Å². The molecule has 142 valence electrons. The summed E-state index contributed by atoms with van der Waals surface area (Å²) in [5.41, 5.74) is 3.06. The van der Waals surface area contributed by atoms with Crippen LogP contribution in [0.3, 0.4) is 0 Å². The predicted molar refractivity (Wildman–Crippen MR) is 105 cm³/mol. The van der Waals surface area contributed by atoms with E-state index in [1.807, 2.05) is 19.1 Å². The van der Waals surface area contributed by atoms with Gasteiger partial charge in [0, 0.05) is 24.5 Å². The molecule has 7 heteroatoms. The Balaban J connectivity index is 1.65. The van der Waals surface area contributed by atoms with Crippen LogP contribution in [0.25, 0.3) is 11.0 Å². The molecule has 0 radical (unpaired) electrons. The van der Waals surface area contributed by atoms with Crippen molar-refractivity contribution in [3.05, 3.63) is 47.9 Å². The number of nitrogens with zero attached hydrogens (tertiary/aromatic N) is 2. The Labute approximate surface area is 157 Å². The summed E-state index contributed by atoms with van der Waals surface area (Å²) in [6, 6.07) is 10.8. The van der Waals surface area contributed by atoms with Crippen LogP contribution in [-0.2, 0) is 0 Å². The number of anilines is 1. The summed E-state index contributed by atoms with van der Waals surface area (Å²) in [5, 5.41) is 4.73. The van der Waals surface area contributed by atoms with E-state index in [-0.39, 0.29) is 5.76 Å². The molecule has 2 aromatic heterocycles. The number of benzene rings is 1. The van der Waals surface area contributed by atoms with Crippen LogP contribution in [0.1, 0.15) is 37.1 Å². The van der Waals surface area contributed by atoms with E-state index in [0.717, 1.165) is 30.1 Å². The highest BCUT2D eigenvalue weighted by atomic mass is 16.5. The van der Waals surface area contributed by atoms with Gasteiger partial charge in [0.25, 0.3) is 0 Å². The number of fused-ring (bicyclic) bond motifs is 1. The molecule has 0 spiro atoms. The Morgan fingerprint density at radius 1 is 1.15 bits per heavy atom. The molecule has 27 heavy (non-hydrogen) atoms. The summed E-state index contributed by atoms with van der Waals surface area (Å²) < 4.78 is 16.7. The lowest BCUT2D eigenvalue weighted by Gasteiger charge is -2.16. The fraction of sp³-hybridized carbons (Fsp3) is 0.300. The minimum absolute atomic E-state index is 0.180. The van der Waals surface area contributed by atoms with Crippen LogP contribution < -0.4 is 15.1 Å². The van der Waals surface area contributed by atoms with E-state index in [9.17, 15) is 4.79 Å². The Morgan fingerprint density at radius 3 is 2.70 bits per heavy atom. The highest BCUT2D eigenvalue weighted by molar-refractivity contribution is 5.96. The van der Waals surface area contributed by atoms with Crippen LogP contribution in [-0.4, -0.2) is 31.8 Å². The van der Waals surface area contributed by atoms with Gasteiger partial charge in [-0.1, -0.05) is 0 Å². The van der Waals surface area contributed by atoms with Gasteiger partial charge in [-0.2, -0.15) is 5.10 Å². The zero-order valence-corrected chi connectivity index (χ0v) is 15.7. The first-order valence-corrected chi connectivity index (χ1v) is 8.99. The lowest BCUT2D eigenvalue weighted by Crippen LogP contribution is -2.20. The van der Waals surface area contributed by atoms with Crippen LogP contribution in [0.15, 0.2) is 50.3 Å². The van der Waals surface area contributed by atoms with Gasteiger partial charge in [-0.05, 0) is 51.1 Å². The number of carbonyl (C=O) groups excluding carboxylic acids is 1. The maximum atomic E-state index is 12.2. The largest absolute Gasteiger partial charge is 0.494 e. The third-order valence-corrected chi connectivity index (χ3v) is 4.07. The first-order valence-electron chi connectivity index (χ1n) is 8.99. The molecule has 0 unspecified atom stereocenters. The summed E-state index contributed by atoms with van der Waals surface area (Å²) in [5.74, 6) is 1.81. The molecule has 0 aliphatic rings. The number of ether oxygens (including phenoxy) is 1. The molecule has 0 aliphatic heterocycles. The normalized spacial score (nSPS) is 11.2. The third kappa shape index (κ3) is 4.31. The number of amides is 1. The standard InChI is InChI=1S/C20H23N3O4/c1-4-23(5-2)19-10-8-16(26-19)13-21-22-20(24)18-12-14-11-15(25-6-3)7-9-17(14)27-18/h7-13H,4-6H2,1-3H3,(H,22,24)/b21-13+. The summed E-state index contributed by atoms with van der Waals surface area (Å²) in [4.78, 5) is 14.3. The molecule has 0 saturated carbocycles. The van der Waals surface area contributed by atoms with E-state index in [2.05, 4.69) is 29.3 Å². The minimum atomic E-state index is -0.434. The fourth-order valence-corrected chi connectivity index (χ4v) is 2.72. The monoisotopic (exact) mass is 369 g/mol. The van der Waals surface area contributed by atoms with Crippen molar-refractivity contribution in [3.8, 4) is 5.75 Å². The molecule has 3 aromatic rings. The first kappa shape index (κ1) is 18.6. The Bertz CT molecular complexity index is 938. The second kappa shape index (κ2) is 8.44. The smallest absolute Gasteiger partial charge is 0.307 e. The van der Waals surface area contributed by atoms with Gasteiger partial charge in [-0.3, -0.25) is 4.79 Å². The van der Waals surface area contributed by atoms with Gasteiger partial charge in [-0.25, -0.2) is 5.43 Å². The number of hydrazone groups is 1. The zero-order chi connectivity index (χ0) is 19.2. The van der Waals surface area contributed by atoms with E-state index in [4.69, 9.17) is 13.6 Å². The quantitative estimate of drug-likeness (QED) is 0.479. The Hall–Kier alpha value is -3.22. The molecule has 0 bridgehead atoms. The minimum Gasteiger partial charge on any atom is -0.494 e. The molecule has 0 fully saturated rings. The molecule has 7 nitrogen and oxygen atoms in total. The predicted octanol–water partition coefficient (Wildman–Crippen LogP) is 4.03. The Kier molecular flexibility index (Phi) is 5.80. The second-order valence-electron chi connectivity index (χ2n) is 5.79. The van der Waals surface area contributed by atoms with Crippen LogP contribution in [0, 0.1) is 0 Å². The maximum Gasteiger partial charge on any atom is 0.307 e. The van der Waals surface area contributed by atoms with Crippen molar-refractivity contribution in [1.29, 1.82) is 0 Å². The van der Waals surface area contributed by atoms with Crippen LogP contribution in [0.4, 0.5) is 5.88 Å². The van der Waals surface area contributed by atoms with Gasteiger partial charge in [0.15, 0.2) is 11.6 Å². The number of hydrogen-bond acceptors (Lipinski definition) is 6. The average molecular weight is 369 g/mol. The van der Waals surface area contributed by atoms with Gasteiger partial charge < -0.3 is 18.5 Å². The van der Waals surface area contributed by atoms with Crippen LogP contribution >= 0.6 is 0 Å². The van der Waals surface area contributed by atoms with Crippen molar-refractivity contribution in [2.75, 3.05) is 24.6 Å². The number of furan rings is 2. The van der Waals surface area contributed by atoms with Gasteiger partial charge >= 0.3 is 5.91 Å². The summed E-state index contributed by atoms with van der Waals surface area (Å²) in [6.45, 7) is 8.33. The van der Waals surface area contributed by atoms with Gasteiger partial charge in [0.1, 0.15) is 17.1 Å². The first-order chi connectivity index (χ1) is 13.1. The van der Waals surface area contributed by atoms with E-state index in [1.165, 1.54) is 6.21 Å². The van der Waals surface area contributed by atoms with Gasteiger partial charge in [0.05, 0.1) is 12.8 Å². The van der Waals surface area contributed by atoms with Crippen LogP contribution in [0.5, 0.6) is 5.75 Å². The second-order valence-corrected chi connectivity index (χ2v) is 5.79. The van der Waals surface area contributed by atoms with E-state index in [1.54, 1.807) is 24.3 Å². The molecule has 0 saturated heterocycles. The van der Waals surface area contributed by atoms with Crippen molar-refractivity contribution in [3.63, 3.8) is 0 Å². The van der Waals surface area contributed by atoms with Crippen molar-refractivity contribution in [1.82, 2.24) is 5.43 Å². The van der Waals surface area contributed by atoms with Gasteiger partial charge in [0.2, 0.25) is 0 Å². The Morgan fingerprint density at radius 2 is 1.96 bits per heavy atom. The number of hydrogen-bond donors (Lipinski definition) is 1. The summed E-state index contributed by atoms with van der Waals surface area (Å²) in [6.07, 6.45) is 1.46. The highest BCUT2D eigenvalue weighted by Gasteiger charge is 2.12. The molecule has 0 aliphatic carbocycles.